The van der Waals surface area contributed by atoms with Gasteiger partial charge < -0.3 is 4.40 Å². The molecule has 0 N–H and O–H groups in total. The highest BCUT2D eigenvalue weighted by Gasteiger charge is 2.08. The van der Waals surface area contributed by atoms with Crippen molar-refractivity contribution in [2.24, 2.45) is 0 Å². The molecule has 1 radical (unpaired) electrons. The summed E-state index contributed by atoms with van der Waals surface area (Å²) >= 11 is 5.96. The lowest BCUT2D eigenvalue weighted by Crippen LogP contribution is -1.89. The summed E-state index contributed by atoms with van der Waals surface area (Å²) in [4.78, 5) is 4.76. The van der Waals surface area contributed by atoms with Crippen LogP contribution in [-0.2, 0) is 0 Å². The summed E-state index contributed by atoms with van der Waals surface area (Å²) in [7, 11) is 0. The Morgan fingerprint density at radius 2 is 1.83 bits per heavy atom. The zero-order valence-electron chi connectivity index (χ0n) is 12.6. The Kier molecular flexibility index (Phi) is 3.40. The normalized spacial score (nSPS) is 11.0. The number of hydrogen-bond acceptors (Lipinski definition) is 1. The van der Waals surface area contributed by atoms with Crippen molar-refractivity contribution in [2.45, 2.75) is 6.92 Å². The number of halogens is 1. The van der Waals surface area contributed by atoms with E-state index >= 15 is 0 Å². The van der Waals surface area contributed by atoms with Crippen molar-refractivity contribution in [3.8, 4) is 22.4 Å². The lowest BCUT2D eigenvalue weighted by molar-refractivity contribution is 1.16. The second kappa shape index (κ2) is 5.56. The first-order valence-corrected chi connectivity index (χ1v) is 7.80. The summed E-state index contributed by atoms with van der Waals surface area (Å²) in [6.45, 7) is 2.09. The molecule has 0 bridgehead atoms. The minimum atomic E-state index is 0.733. The monoisotopic (exact) mass is 317 g/mol. The molecule has 2 heterocycles. The zero-order chi connectivity index (χ0) is 15.8. The molecule has 0 amide bonds. The Morgan fingerprint density at radius 3 is 2.57 bits per heavy atom. The van der Waals surface area contributed by atoms with Gasteiger partial charge in [-0.1, -0.05) is 41.9 Å². The van der Waals surface area contributed by atoms with Crippen LogP contribution >= 0.6 is 11.6 Å². The minimum Gasteiger partial charge on any atom is -0.306 e. The molecule has 0 spiro atoms. The quantitative estimate of drug-likeness (QED) is 0.482. The number of benzene rings is 2. The van der Waals surface area contributed by atoms with E-state index < -0.39 is 0 Å². The number of aromatic nitrogens is 2. The average Bonchev–Trinajstić information content (AvgIpc) is 3.01. The van der Waals surface area contributed by atoms with E-state index in [0.717, 1.165) is 38.6 Å². The second-order valence-electron chi connectivity index (χ2n) is 5.57. The summed E-state index contributed by atoms with van der Waals surface area (Å²) in [5.41, 5.74) is 6.44. The highest BCUT2D eigenvalue weighted by molar-refractivity contribution is 6.30. The summed E-state index contributed by atoms with van der Waals surface area (Å²) in [5, 5.41) is 0.733. The maximum atomic E-state index is 5.96. The third-order valence-electron chi connectivity index (χ3n) is 3.92. The van der Waals surface area contributed by atoms with Gasteiger partial charge in [0.25, 0.3) is 0 Å². The molecule has 111 valence electrons. The van der Waals surface area contributed by atoms with Crippen LogP contribution in [0.1, 0.15) is 5.56 Å². The number of pyridine rings is 1. The highest BCUT2D eigenvalue weighted by atomic mass is 35.5. The van der Waals surface area contributed by atoms with Crippen LogP contribution in [-0.4, -0.2) is 9.38 Å². The lowest BCUT2D eigenvalue weighted by atomic mass is 10.1. The topological polar surface area (TPSA) is 17.3 Å². The van der Waals surface area contributed by atoms with Gasteiger partial charge in [-0.15, -0.1) is 0 Å². The van der Waals surface area contributed by atoms with Gasteiger partial charge in [0.05, 0.1) is 5.69 Å². The smallest absolute Gasteiger partial charge is 0.140 e. The van der Waals surface area contributed by atoms with Crippen molar-refractivity contribution in [1.82, 2.24) is 9.38 Å². The van der Waals surface area contributed by atoms with E-state index in [9.17, 15) is 0 Å². The van der Waals surface area contributed by atoms with E-state index in [2.05, 4.69) is 41.9 Å². The lowest BCUT2D eigenvalue weighted by Gasteiger charge is -2.05. The van der Waals surface area contributed by atoms with Gasteiger partial charge in [0.2, 0.25) is 0 Å². The molecule has 0 aliphatic heterocycles. The summed E-state index contributed by atoms with van der Waals surface area (Å²) < 4.78 is 2.08. The largest absolute Gasteiger partial charge is 0.306 e. The van der Waals surface area contributed by atoms with Gasteiger partial charge in [-0.05, 0) is 53.9 Å². The fourth-order valence-electron chi connectivity index (χ4n) is 2.76. The van der Waals surface area contributed by atoms with E-state index in [1.54, 1.807) is 0 Å². The molecule has 0 unspecified atom stereocenters. The Morgan fingerprint density at radius 1 is 1.00 bits per heavy atom. The Balaban J connectivity index is 1.85. The van der Waals surface area contributed by atoms with Gasteiger partial charge in [-0.3, -0.25) is 0 Å². The van der Waals surface area contributed by atoms with E-state index in [1.807, 2.05) is 42.5 Å². The minimum absolute atomic E-state index is 0.733. The molecular formula is C20H14ClN2. The van der Waals surface area contributed by atoms with Gasteiger partial charge in [0.1, 0.15) is 5.65 Å². The molecule has 0 saturated carbocycles. The van der Waals surface area contributed by atoms with Crippen molar-refractivity contribution >= 4 is 17.2 Å². The molecule has 0 saturated heterocycles. The van der Waals surface area contributed by atoms with Crippen LogP contribution < -0.4 is 0 Å². The first kappa shape index (κ1) is 14.0. The van der Waals surface area contributed by atoms with Crippen LogP contribution in [0.25, 0.3) is 28.0 Å². The third kappa shape index (κ3) is 2.62. The summed E-state index contributed by atoms with van der Waals surface area (Å²) in [6, 6.07) is 21.0. The molecule has 2 nitrogen and oxygen atoms in total. The summed E-state index contributed by atoms with van der Waals surface area (Å²) in [6.07, 6.45) is 4.17. The molecule has 0 fully saturated rings. The Labute approximate surface area is 140 Å². The molecule has 0 aliphatic carbocycles. The van der Waals surface area contributed by atoms with Crippen LogP contribution in [0.3, 0.4) is 0 Å². The number of rotatable bonds is 2. The van der Waals surface area contributed by atoms with Gasteiger partial charge in [-0.2, -0.15) is 0 Å². The van der Waals surface area contributed by atoms with Crippen LogP contribution in [0, 0.1) is 13.0 Å². The van der Waals surface area contributed by atoms with Crippen LogP contribution in [0.15, 0.2) is 67.0 Å². The van der Waals surface area contributed by atoms with Gasteiger partial charge in [0, 0.05) is 23.0 Å². The maximum absolute atomic E-state index is 5.96. The van der Waals surface area contributed by atoms with Crippen molar-refractivity contribution in [3.63, 3.8) is 0 Å². The third-order valence-corrected chi connectivity index (χ3v) is 4.17. The molecule has 23 heavy (non-hydrogen) atoms. The fraction of sp³-hybridized carbons (Fsp3) is 0.0500. The fourth-order valence-corrected chi connectivity index (χ4v) is 2.89. The van der Waals surface area contributed by atoms with E-state index in [4.69, 9.17) is 16.6 Å². The van der Waals surface area contributed by atoms with Crippen molar-refractivity contribution < 1.29 is 0 Å². The number of aryl methyl sites for hydroxylation is 1. The zero-order valence-corrected chi connectivity index (χ0v) is 13.4. The molecule has 3 heteroatoms. The van der Waals surface area contributed by atoms with Crippen LogP contribution in [0.5, 0.6) is 0 Å². The van der Waals surface area contributed by atoms with Crippen molar-refractivity contribution in [1.29, 1.82) is 0 Å². The number of fused-ring (bicyclic) bond motifs is 1. The van der Waals surface area contributed by atoms with Gasteiger partial charge in [0.15, 0.2) is 0 Å². The SMILES string of the molecule is Cc1cc(-c2c[c]ccc2)cn2cc(-c3ccc(Cl)cc3)nc12. The standard InChI is InChI=1S/C20H14ClN2/c1-14-11-17(15-5-3-2-4-6-15)12-23-13-19(22-20(14)23)16-7-9-18(21)10-8-16/h2-3,5-13H,1H3. The molecule has 0 aliphatic rings. The van der Waals surface area contributed by atoms with E-state index in [-0.39, 0.29) is 0 Å². The summed E-state index contributed by atoms with van der Waals surface area (Å²) in [5.74, 6) is 0. The second-order valence-corrected chi connectivity index (χ2v) is 6.00. The number of imidazole rings is 1. The van der Waals surface area contributed by atoms with Gasteiger partial charge >= 0.3 is 0 Å². The number of hydrogen-bond donors (Lipinski definition) is 0. The molecular weight excluding hydrogens is 304 g/mol. The molecule has 2 aromatic heterocycles. The molecule has 2 aromatic carbocycles. The van der Waals surface area contributed by atoms with Crippen molar-refractivity contribution in [2.75, 3.05) is 0 Å². The average molecular weight is 318 g/mol. The van der Waals surface area contributed by atoms with Crippen molar-refractivity contribution in [3.05, 3.63) is 83.6 Å². The first-order chi connectivity index (χ1) is 11.2. The Hall–Kier alpha value is -2.58. The highest BCUT2D eigenvalue weighted by Crippen LogP contribution is 2.26. The Bertz CT molecular complexity index is 970. The predicted molar refractivity (Wildman–Crippen MR) is 94.6 cm³/mol. The molecule has 4 aromatic rings. The molecule has 4 rings (SSSR count). The van der Waals surface area contributed by atoms with E-state index in [1.165, 1.54) is 0 Å². The van der Waals surface area contributed by atoms with Crippen LogP contribution in [0.2, 0.25) is 5.02 Å². The molecule has 0 atom stereocenters. The predicted octanol–water partition coefficient (Wildman–Crippen LogP) is 5.43. The van der Waals surface area contributed by atoms with Gasteiger partial charge in [-0.25, -0.2) is 4.98 Å². The first-order valence-electron chi connectivity index (χ1n) is 7.42. The van der Waals surface area contributed by atoms with E-state index in [0.29, 0.717) is 0 Å². The number of nitrogens with zero attached hydrogens (tertiary/aromatic N) is 2. The van der Waals surface area contributed by atoms with Crippen LogP contribution in [0.4, 0.5) is 0 Å². The maximum Gasteiger partial charge on any atom is 0.140 e.